The number of carbonyl (C=O) groups excluding carboxylic acids is 1. The van der Waals surface area contributed by atoms with Gasteiger partial charge in [0.05, 0.1) is 11.7 Å². The van der Waals surface area contributed by atoms with Crippen LogP contribution >= 0.6 is 0 Å². The highest BCUT2D eigenvalue weighted by atomic mass is 19.1. The quantitative estimate of drug-likeness (QED) is 0.848. The van der Waals surface area contributed by atoms with Crippen LogP contribution in [-0.2, 0) is 4.79 Å². The highest BCUT2D eigenvalue weighted by Gasteiger charge is 2.20. The maximum absolute atomic E-state index is 14.1. The van der Waals surface area contributed by atoms with Gasteiger partial charge in [0.25, 0.3) is 0 Å². The summed E-state index contributed by atoms with van der Waals surface area (Å²) in [6.07, 6.45) is 0.821. The molecule has 0 saturated heterocycles. The highest BCUT2D eigenvalue weighted by molar-refractivity contribution is 5.95. The van der Waals surface area contributed by atoms with E-state index in [2.05, 4.69) is 5.32 Å². The van der Waals surface area contributed by atoms with Crippen LogP contribution in [0.4, 0.5) is 15.8 Å². The summed E-state index contributed by atoms with van der Waals surface area (Å²) >= 11 is 0. The van der Waals surface area contributed by atoms with Gasteiger partial charge in [-0.15, -0.1) is 0 Å². The van der Waals surface area contributed by atoms with E-state index in [0.29, 0.717) is 11.4 Å². The van der Waals surface area contributed by atoms with Crippen LogP contribution in [0.5, 0.6) is 0 Å². The SMILES string of the molecule is CCC(C)[C@H](N)C(=O)Nc1ccc(N(C)C(C)C)c(F)c1. The van der Waals surface area contributed by atoms with Crippen LogP contribution in [0.2, 0.25) is 0 Å². The van der Waals surface area contributed by atoms with Crippen molar-refractivity contribution >= 4 is 17.3 Å². The molecule has 0 fully saturated rings. The second-order valence-corrected chi connectivity index (χ2v) is 5.77. The molecule has 0 saturated carbocycles. The van der Waals surface area contributed by atoms with Gasteiger partial charge in [-0.3, -0.25) is 4.79 Å². The molecule has 0 aromatic heterocycles. The Labute approximate surface area is 126 Å². The number of hydrogen-bond donors (Lipinski definition) is 2. The Morgan fingerprint density at radius 3 is 2.48 bits per heavy atom. The van der Waals surface area contributed by atoms with E-state index in [1.165, 1.54) is 6.07 Å². The third-order valence-corrected chi connectivity index (χ3v) is 3.93. The molecule has 3 N–H and O–H groups in total. The Hall–Kier alpha value is -1.62. The van der Waals surface area contributed by atoms with E-state index in [0.717, 1.165) is 6.42 Å². The number of anilines is 2. The van der Waals surface area contributed by atoms with Gasteiger partial charge in [0.2, 0.25) is 5.91 Å². The molecule has 1 rings (SSSR count). The summed E-state index contributed by atoms with van der Waals surface area (Å²) in [6, 6.07) is 4.29. The Kier molecular flexibility index (Phi) is 6.15. The third-order valence-electron chi connectivity index (χ3n) is 3.93. The molecule has 2 atom stereocenters. The minimum atomic E-state index is -0.587. The van der Waals surface area contributed by atoms with E-state index in [9.17, 15) is 9.18 Å². The minimum Gasteiger partial charge on any atom is -0.370 e. The van der Waals surface area contributed by atoms with Gasteiger partial charge >= 0.3 is 0 Å². The van der Waals surface area contributed by atoms with Crippen molar-refractivity contribution in [3.05, 3.63) is 24.0 Å². The smallest absolute Gasteiger partial charge is 0.241 e. The molecule has 0 heterocycles. The zero-order chi connectivity index (χ0) is 16.2. The predicted octanol–water partition coefficient (Wildman–Crippen LogP) is 2.98. The maximum Gasteiger partial charge on any atom is 0.241 e. The molecule has 1 aromatic carbocycles. The number of nitrogens with two attached hydrogens (primary N) is 1. The predicted molar refractivity (Wildman–Crippen MR) is 86.0 cm³/mol. The molecule has 21 heavy (non-hydrogen) atoms. The van der Waals surface area contributed by atoms with Crippen LogP contribution in [0.25, 0.3) is 0 Å². The summed E-state index contributed by atoms with van der Waals surface area (Å²) in [5.41, 5.74) is 6.80. The second kappa shape index (κ2) is 7.41. The van der Waals surface area contributed by atoms with Crippen LogP contribution in [0.15, 0.2) is 18.2 Å². The van der Waals surface area contributed by atoms with Gasteiger partial charge in [0.15, 0.2) is 0 Å². The summed E-state index contributed by atoms with van der Waals surface area (Å²) in [7, 11) is 1.83. The minimum absolute atomic E-state index is 0.0844. The number of halogens is 1. The van der Waals surface area contributed by atoms with Crippen LogP contribution in [0.1, 0.15) is 34.1 Å². The van der Waals surface area contributed by atoms with Crippen LogP contribution in [0, 0.1) is 11.7 Å². The molecule has 0 aliphatic heterocycles. The normalized spacial score (nSPS) is 13.9. The number of hydrogen-bond acceptors (Lipinski definition) is 3. The first-order chi connectivity index (χ1) is 9.77. The molecule has 0 aliphatic carbocycles. The van der Waals surface area contributed by atoms with Crippen molar-refractivity contribution in [2.75, 3.05) is 17.3 Å². The number of amides is 1. The van der Waals surface area contributed by atoms with E-state index in [-0.39, 0.29) is 23.7 Å². The Morgan fingerprint density at radius 2 is 2.00 bits per heavy atom. The molecule has 118 valence electrons. The van der Waals surface area contributed by atoms with E-state index < -0.39 is 6.04 Å². The molecule has 0 spiro atoms. The van der Waals surface area contributed by atoms with Crippen LogP contribution in [0.3, 0.4) is 0 Å². The lowest BCUT2D eigenvalue weighted by Gasteiger charge is -2.24. The molecule has 1 aromatic rings. The average molecular weight is 295 g/mol. The summed E-state index contributed by atoms with van der Waals surface area (Å²) in [4.78, 5) is 13.8. The Balaban J connectivity index is 2.83. The van der Waals surface area contributed by atoms with Gasteiger partial charge in [-0.25, -0.2) is 4.39 Å². The van der Waals surface area contributed by atoms with Gasteiger partial charge in [-0.1, -0.05) is 20.3 Å². The third kappa shape index (κ3) is 4.43. The molecule has 5 heteroatoms. The van der Waals surface area contributed by atoms with Crippen molar-refractivity contribution in [3.63, 3.8) is 0 Å². The van der Waals surface area contributed by atoms with E-state index in [4.69, 9.17) is 5.73 Å². The fourth-order valence-corrected chi connectivity index (χ4v) is 1.89. The van der Waals surface area contributed by atoms with Crippen molar-refractivity contribution in [2.45, 2.75) is 46.2 Å². The second-order valence-electron chi connectivity index (χ2n) is 5.77. The Bertz CT molecular complexity index is 490. The summed E-state index contributed by atoms with van der Waals surface area (Å²) in [6.45, 7) is 7.88. The lowest BCUT2D eigenvalue weighted by Crippen LogP contribution is -2.40. The van der Waals surface area contributed by atoms with Crippen molar-refractivity contribution < 1.29 is 9.18 Å². The topological polar surface area (TPSA) is 58.4 Å². The fourth-order valence-electron chi connectivity index (χ4n) is 1.89. The fraction of sp³-hybridized carbons (Fsp3) is 0.562. The van der Waals surface area contributed by atoms with Crippen molar-refractivity contribution in [1.82, 2.24) is 0 Å². The lowest BCUT2D eigenvalue weighted by atomic mass is 9.99. The van der Waals surface area contributed by atoms with Crippen molar-refractivity contribution in [2.24, 2.45) is 11.7 Å². The molecule has 0 bridgehead atoms. The maximum atomic E-state index is 14.1. The Morgan fingerprint density at radius 1 is 1.38 bits per heavy atom. The summed E-state index contributed by atoms with van der Waals surface area (Å²) < 4.78 is 14.1. The van der Waals surface area contributed by atoms with E-state index in [1.54, 1.807) is 12.1 Å². The molecule has 1 unspecified atom stereocenters. The van der Waals surface area contributed by atoms with Gasteiger partial charge in [-0.2, -0.15) is 0 Å². The number of nitrogens with one attached hydrogen (secondary N) is 1. The molecule has 0 aliphatic rings. The van der Waals surface area contributed by atoms with Gasteiger partial charge in [0, 0.05) is 18.8 Å². The number of benzene rings is 1. The van der Waals surface area contributed by atoms with E-state index in [1.807, 2.05) is 39.6 Å². The van der Waals surface area contributed by atoms with Gasteiger partial charge < -0.3 is 16.0 Å². The number of rotatable bonds is 6. The first-order valence-corrected chi connectivity index (χ1v) is 7.36. The van der Waals surface area contributed by atoms with E-state index >= 15 is 0 Å². The van der Waals surface area contributed by atoms with Crippen molar-refractivity contribution in [1.29, 1.82) is 0 Å². The van der Waals surface area contributed by atoms with Gasteiger partial charge in [0.1, 0.15) is 5.82 Å². The average Bonchev–Trinajstić information content (AvgIpc) is 2.44. The summed E-state index contributed by atoms with van der Waals surface area (Å²) in [5.74, 6) is -0.559. The standard InChI is InChI=1S/C16H26FN3O/c1-6-11(4)15(18)16(21)19-12-7-8-14(13(17)9-12)20(5)10(2)3/h7-11,15H,6,18H2,1-5H3,(H,19,21)/t11?,15-/m0/s1. The molecule has 1 amide bonds. The first-order valence-electron chi connectivity index (χ1n) is 7.36. The van der Waals surface area contributed by atoms with Crippen molar-refractivity contribution in [3.8, 4) is 0 Å². The molecule has 4 nitrogen and oxygen atoms in total. The highest BCUT2D eigenvalue weighted by Crippen LogP contribution is 2.23. The van der Waals surface area contributed by atoms with Crippen LogP contribution < -0.4 is 16.0 Å². The number of nitrogens with zero attached hydrogens (tertiary/aromatic N) is 1. The summed E-state index contributed by atoms with van der Waals surface area (Å²) in [5, 5.41) is 2.67. The molecular weight excluding hydrogens is 269 g/mol. The number of carbonyl (C=O) groups is 1. The monoisotopic (exact) mass is 295 g/mol. The van der Waals surface area contributed by atoms with Gasteiger partial charge in [-0.05, 0) is 38.0 Å². The zero-order valence-electron chi connectivity index (χ0n) is 13.5. The molecular formula is C16H26FN3O. The molecule has 0 radical (unpaired) electrons. The van der Waals surface area contributed by atoms with Crippen LogP contribution in [-0.4, -0.2) is 25.0 Å². The zero-order valence-corrected chi connectivity index (χ0v) is 13.5. The first kappa shape index (κ1) is 17.4. The largest absolute Gasteiger partial charge is 0.370 e. The lowest BCUT2D eigenvalue weighted by molar-refractivity contribution is -0.118.